The van der Waals surface area contributed by atoms with Gasteiger partial charge >= 0.3 is 12.1 Å². The number of ketones is 1. The van der Waals surface area contributed by atoms with Gasteiger partial charge in [0.2, 0.25) is 5.78 Å². The number of halogens is 5. The van der Waals surface area contributed by atoms with Crippen molar-refractivity contribution in [1.29, 1.82) is 0 Å². The molecule has 29 heavy (non-hydrogen) atoms. The molecule has 0 amide bonds. The summed E-state index contributed by atoms with van der Waals surface area (Å²) in [7, 11) is 0. The highest BCUT2D eigenvalue weighted by atomic mass is 19.4. The summed E-state index contributed by atoms with van der Waals surface area (Å²) >= 11 is 0. The van der Waals surface area contributed by atoms with E-state index in [1.54, 1.807) is 6.08 Å². The van der Waals surface area contributed by atoms with Crippen LogP contribution < -0.4 is 0 Å². The van der Waals surface area contributed by atoms with Crippen LogP contribution in [0.1, 0.15) is 52.4 Å². The molecule has 4 rings (SSSR count). The van der Waals surface area contributed by atoms with Gasteiger partial charge in [0.25, 0.3) is 0 Å². The standard InChI is InChI=1S/C21H25F5O3/c1-17-8-7-15(27)16(28)14(17)4-3-11-12(17)5-9-18(2)13(11)6-10-19(18,29)20(22,23)21(24,25)26/h7-8,11-13,28-29H,3-6,9-10H2,1-2H3/t11?,12?,13?,17-,18+,19-/m1/s1. The van der Waals surface area contributed by atoms with Gasteiger partial charge in [0.1, 0.15) is 5.60 Å². The smallest absolute Gasteiger partial charge is 0.456 e. The van der Waals surface area contributed by atoms with Gasteiger partial charge in [0, 0.05) is 10.8 Å². The minimum absolute atomic E-state index is 0.0341. The summed E-state index contributed by atoms with van der Waals surface area (Å²) in [6.45, 7) is 3.28. The summed E-state index contributed by atoms with van der Waals surface area (Å²) in [6.07, 6.45) is -1.98. The largest absolute Gasteiger partial charge is 0.504 e. The molecule has 3 nitrogen and oxygen atoms in total. The van der Waals surface area contributed by atoms with Gasteiger partial charge in [0.05, 0.1) is 0 Å². The number of hydrogen-bond acceptors (Lipinski definition) is 3. The third kappa shape index (κ3) is 2.35. The molecule has 0 spiro atoms. The third-order valence-electron chi connectivity index (χ3n) is 8.71. The fraction of sp³-hybridized carbons (Fsp3) is 0.762. The van der Waals surface area contributed by atoms with Crippen molar-refractivity contribution in [2.45, 2.75) is 70.1 Å². The van der Waals surface area contributed by atoms with E-state index >= 15 is 0 Å². The Bertz CT molecular complexity index is 816. The predicted molar refractivity (Wildman–Crippen MR) is 94.1 cm³/mol. The van der Waals surface area contributed by atoms with Crippen LogP contribution in [0.5, 0.6) is 0 Å². The highest BCUT2D eigenvalue weighted by molar-refractivity contribution is 6.04. The summed E-state index contributed by atoms with van der Waals surface area (Å²) in [6, 6.07) is 0. The van der Waals surface area contributed by atoms with Crippen LogP contribution in [0.25, 0.3) is 0 Å². The van der Waals surface area contributed by atoms with Gasteiger partial charge in [-0.25, -0.2) is 0 Å². The number of fused-ring (bicyclic) bond motifs is 5. The molecule has 0 bridgehead atoms. The van der Waals surface area contributed by atoms with E-state index in [4.69, 9.17) is 0 Å². The third-order valence-corrected chi connectivity index (χ3v) is 8.71. The van der Waals surface area contributed by atoms with Crippen LogP contribution in [0.2, 0.25) is 0 Å². The Labute approximate surface area is 165 Å². The molecule has 3 unspecified atom stereocenters. The van der Waals surface area contributed by atoms with Crippen molar-refractivity contribution in [2.75, 3.05) is 0 Å². The first kappa shape index (κ1) is 20.8. The molecule has 0 aromatic carbocycles. The first-order valence-electron chi connectivity index (χ1n) is 10.0. The molecule has 0 aromatic rings. The van der Waals surface area contributed by atoms with E-state index in [0.717, 1.165) is 0 Å². The highest BCUT2D eigenvalue weighted by Gasteiger charge is 2.79. The quantitative estimate of drug-likeness (QED) is 0.580. The second-order valence-corrected chi connectivity index (χ2v) is 9.65. The molecule has 0 saturated heterocycles. The van der Waals surface area contributed by atoms with E-state index in [0.29, 0.717) is 24.8 Å². The number of rotatable bonds is 1. The average Bonchev–Trinajstić information content (AvgIpc) is 2.90. The monoisotopic (exact) mass is 420 g/mol. The molecule has 0 radical (unpaired) electrons. The summed E-state index contributed by atoms with van der Waals surface area (Å²) < 4.78 is 68.4. The van der Waals surface area contributed by atoms with Crippen LogP contribution in [-0.2, 0) is 4.79 Å². The zero-order valence-electron chi connectivity index (χ0n) is 16.3. The maximum atomic E-state index is 14.4. The number of carbonyl (C=O) groups is 1. The second-order valence-electron chi connectivity index (χ2n) is 9.65. The molecule has 4 aliphatic rings. The van der Waals surface area contributed by atoms with Crippen molar-refractivity contribution in [1.82, 2.24) is 0 Å². The molecule has 3 saturated carbocycles. The van der Waals surface area contributed by atoms with Gasteiger partial charge in [-0.05, 0) is 67.9 Å². The Morgan fingerprint density at radius 1 is 1.03 bits per heavy atom. The van der Waals surface area contributed by atoms with Gasteiger partial charge in [-0.2, -0.15) is 22.0 Å². The van der Waals surface area contributed by atoms with Gasteiger partial charge in [-0.15, -0.1) is 0 Å². The second kappa shape index (κ2) is 5.83. The topological polar surface area (TPSA) is 57.5 Å². The van der Waals surface area contributed by atoms with Crippen LogP contribution in [0.3, 0.4) is 0 Å². The molecule has 8 heteroatoms. The lowest BCUT2D eigenvalue weighted by atomic mass is 9.47. The van der Waals surface area contributed by atoms with E-state index in [9.17, 15) is 37.0 Å². The summed E-state index contributed by atoms with van der Waals surface area (Å²) in [5.74, 6) is -6.64. The lowest BCUT2D eigenvalue weighted by molar-refractivity contribution is -0.363. The molecule has 0 heterocycles. The van der Waals surface area contributed by atoms with Gasteiger partial charge in [-0.3, -0.25) is 4.79 Å². The first-order chi connectivity index (χ1) is 13.2. The number of aliphatic hydroxyl groups is 2. The van der Waals surface area contributed by atoms with Crippen molar-refractivity contribution in [2.24, 2.45) is 28.6 Å². The zero-order chi connectivity index (χ0) is 21.6. The minimum Gasteiger partial charge on any atom is -0.504 e. The van der Waals surface area contributed by atoms with E-state index in [-0.39, 0.29) is 30.4 Å². The van der Waals surface area contributed by atoms with Crippen LogP contribution in [0, 0.1) is 28.6 Å². The molecule has 2 N–H and O–H groups in total. The van der Waals surface area contributed by atoms with E-state index < -0.39 is 46.7 Å². The molecule has 3 fully saturated rings. The van der Waals surface area contributed by atoms with Crippen LogP contribution in [0.4, 0.5) is 22.0 Å². The minimum atomic E-state index is -5.82. The first-order valence-corrected chi connectivity index (χ1v) is 10.0. The number of alkyl halides is 5. The van der Waals surface area contributed by atoms with E-state index in [1.165, 1.54) is 13.0 Å². The number of allylic oxidation sites excluding steroid dienone is 3. The normalized spacial score (nSPS) is 45.1. The lowest BCUT2D eigenvalue weighted by Gasteiger charge is -2.58. The van der Waals surface area contributed by atoms with Crippen molar-refractivity contribution in [3.05, 3.63) is 23.5 Å². The molecular formula is C21H25F5O3. The zero-order valence-corrected chi connectivity index (χ0v) is 16.3. The highest BCUT2D eigenvalue weighted by Crippen LogP contribution is 2.70. The Hall–Kier alpha value is -1.44. The Balaban J connectivity index is 1.73. The summed E-state index contributed by atoms with van der Waals surface area (Å²) in [5.41, 5.74) is -4.69. The fourth-order valence-corrected chi connectivity index (χ4v) is 7.08. The van der Waals surface area contributed by atoms with Crippen molar-refractivity contribution in [3.63, 3.8) is 0 Å². The van der Waals surface area contributed by atoms with Gasteiger partial charge in [0.15, 0.2) is 5.76 Å². The Morgan fingerprint density at radius 2 is 1.66 bits per heavy atom. The van der Waals surface area contributed by atoms with Crippen molar-refractivity contribution in [3.8, 4) is 0 Å². The SMILES string of the molecule is C[C@]12C=CC(=O)C(O)=C1CCC1C2CC[C@@]2(C)C1CC[C@]2(O)C(F)(F)C(F)(F)F. The summed E-state index contributed by atoms with van der Waals surface area (Å²) in [4.78, 5) is 11.9. The van der Waals surface area contributed by atoms with E-state index in [1.807, 2.05) is 6.92 Å². The Morgan fingerprint density at radius 3 is 2.28 bits per heavy atom. The molecule has 0 aromatic heterocycles. The lowest BCUT2D eigenvalue weighted by Crippen LogP contribution is -2.65. The number of hydrogen-bond donors (Lipinski definition) is 2. The average molecular weight is 420 g/mol. The van der Waals surface area contributed by atoms with Crippen molar-refractivity contribution < 1.29 is 37.0 Å². The molecule has 0 aliphatic heterocycles. The maximum Gasteiger partial charge on any atom is 0.456 e. The molecule has 162 valence electrons. The molecule has 4 aliphatic carbocycles. The fourth-order valence-electron chi connectivity index (χ4n) is 7.08. The van der Waals surface area contributed by atoms with Crippen LogP contribution in [-0.4, -0.2) is 33.7 Å². The van der Waals surface area contributed by atoms with E-state index in [2.05, 4.69) is 0 Å². The van der Waals surface area contributed by atoms with Gasteiger partial charge < -0.3 is 10.2 Å². The number of carbonyl (C=O) groups excluding carboxylic acids is 1. The maximum absolute atomic E-state index is 14.4. The molecular weight excluding hydrogens is 395 g/mol. The summed E-state index contributed by atoms with van der Waals surface area (Å²) in [5, 5.41) is 21.1. The van der Waals surface area contributed by atoms with Gasteiger partial charge in [-0.1, -0.05) is 19.9 Å². The van der Waals surface area contributed by atoms with Crippen LogP contribution >= 0.6 is 0 Å². The van der Waals surface area contributed by atoms with Crippen molar-refractivity contribution >= 4 is 5.78 Å². The number of aliphatic hydroxyl groups excluding tert-OH is 1. The Kier molecular flexibility index (Phi) is 4.18. The van der Waals surface area contributed by atoms with Crippen LogP contribution in [0.15, 0.2) is 23.5 Å². The molecule has 6 atom stereocenters. The predicted octanol–water partition coefficient (Wildman–Crippen LogP) is 5.11.